The van der Waals surface area contributed by atoms with E-state index in [1.807, 2.05) is 6.07 Å². The summed E-state index contributed by atoms with van der Waals surface area (Å²) >= 11 is 0. The standard InChI is InChI=1S/C11H8N2O2/c12-7-9-5-4-8(6-10(9)14)2-1-3-11(13)15/h4-6,14H,3H2,(H2,13,15). The largest absolute Gasteiger partial charge is 0.507 e. The molecule has 0 bridgehead atoms. The molecule has 1 amide bonds. The molecule has 0 aliphatic heterocycles. The van der Waals surface area contributed by atoms with Gasteiger partial charge in [0, 0.05) is 5.56 Å². The number of benzene rings is 1. The molecule has 0 radical (unpaired) electrons. The Morgan fingerprint density at radius 2 is 2.27 bits per heavy atom. The molecule has 0 spiro atoms. The Morgan fingerprint density at radius 1 is 1.53 bits per heavy atom. The number of carbonyl (C=O) groups is 1. The summed E-state index contributed by atoms with van der Waals surface area (Å²) in [7, 11) is 0. The molecule has 1 rings (SSSR count). The third kappa shape index (κ3) is 3.06. The van der Waals surface area contributed by atoms with Crippen molar-refractivity contribution >= 4 is 5.91 Å². The predicted molar refractivity (Wildman–Crippen MR) is 53.5 cm³/mol. The van der Waals surface area contributed by atoms with Crippen LogP contribution < -0.4 is 5.73 Å². The van der Waals surface area contributed by atoms with Crippen molar-refractivity contribution in [1.82, 2.24) is 0 Å². The molecule has 4 nitrogen and oxygen atoms in total. The normalized spacial score (nSPS) is 8.47. The van der Waals surface area contributed by atoms with Gasteiger partial charge in [0.2, 0.25) is 5.91 Å². The van der Waals surface area contributed by atoms with Gasteiger partial charge in [0.25, 0.3) is 0 Å². The summed E-state index contributed by atoms with van der Waals surface area (Å²) in [6, 6.07) is 6.24. The van der Waals surface area contributed by atoms with Crippen molar-refractivity contribution in [3.05, 3.63) is 29.3 Å². The third-order valence-corrected chi connectivity index (χ3v) is 1.61. The van der Waals surface area contributed by atoms with E-state index in [1.54, 1.807) is 6.07 Å². The molecule has 1 aromatic rings. The maximum atomic E-state index is 10.4. The summed E-state index contributed by atoms with van der Waals surface area (Å²) in [6.45, 7) is 0. The minimum Gasteiger partial charge on any atom is -0.507 e. The van der Waals surface area contributed by atoms with E-state index in [-0.39, 0.29) is 17.7 Å². The van der Waals surface area contributed by atoms with Gasteiger partial charge in [0.1, 0.15) is 11.8 Å². The quantitative estimate of drug-likeness (QED) is 0.647. The van der Waals surface area contributed by atoms with Crippen LogP contribution in [0.4, 0.5) is 0 Å². The van der Waals surface area contributed by atoms with Crippen molar-refractivity contribution in [2.24, 2.45) is 5.73 Å². The molecule has 0 aliphatic rings. The average molecular weight is 200 g/mol. The lowest BCUT2D eigenvalue weighted by molar-refractivity contribution is -0.117. The number of hydrogen-bond acceptors (Lipinski definition) is 3. The van der Waals surface area contributed by atoms with Crippen LogP contribution in [0.25, 0.3) is 0 Å². The molecule has 3 N–H and O–H groups in total. The van der Waals surface area contributed by atoms with Gasteiger partial charge in [-0.05, 0) is 18.2 Å². The van der Waals surface area contributed by atoms with E-state index in [0.29, 0.717) is 5.56 Å². The molecule has 0 heterocycles. The summed E-state index contributed by atoms with van der Waals surface area (Å²) in [6.07, 6.45) is -0.0270. The highest BCUT2D eigenvalue weighted by molar-refractivity contribution is 5.76. The number of aromatic hydroxyl groups is 1. The van der Waals surface area contributed by atoms with Crippen LogP contribution in [0.1, 0.15) is 17.5 Å². The van der Waals surface area contributed by atoms with Crippen molar-refractivity contribution < 1.29 is 9.90 Å². The fourth-order valence-electron chi connectivity index (χ4n) is 0.937. The Hall–Kier alpha value is -2.46. The van der Waals surface area contributed by atoms with Crippen LogP contribution in [-0.2, 0) is 4.79 Å². The van der Waals surface area contributed by atoms with Gasteiger partial charge in [-0.1, -0.05) is 11.8 Å². The number of phenolic OH excluding ortho intramolecular Hbond substituents is 1. The number of nitriles is 1. The number of amides is 1. The SMILES string of the molecule is N#Cc1ccc(C#CCC(N)=O)cc1O. The van der Waals surface area contributed by atoms with Crippen molar-refractivity contribution in [3.63, 3.8) is 0 Å². The molecule has 0 saturated heterocycles. The summed E-state index contributed by atoms with van der Waals surface area (Å²) < 4.78 is 0. The predicted octanol–water partition coefficient (Wildman–Crippen LogP) is 0.491. The van der Waals surface area contributed by atoms with Gasteiger partial charge in [0.05, 0.1) is 12.0 Å². The van der Waals surface area contributed by atoms with E-state index in [1.165, 1.54) is 12.1 Å². The second kappa shape index (κ2) is 4.69. The highest BCUT2D eigenvalue weighted by Gasteiger charge is 1.99. The minimum atomic E-state index is -0.500. The first-order valence-corrected chi connectivity index (χ1v) is 4.14. The number of primary amides is 1. The number of carbonyl (C=O) groups excluding carboxylic acids is 1. The fourth-order valence-corrected chi connectivity index (χ4v) is 0.937. The molecule has 0 saturated carbocycles. The van der Waals surface area contributed by atoms with E-state index in [4.69, 9.17) is 11.0 Å². The second-order valence-electron chi connectivity index (χ2n) is 2.79. The van der Waals surface area contributed by atoms with Crippen LogP contribution in [-0.4, -0.2) is 11.0 Å². The van der Waals surface area contributed by atoms with Crippen molar-refractivity contribution in [2.75, 3.05) is 0 Å². The van der Waals surface area contributed by atoms with Crippen molar-refractivity contribution in [2.45, 2.75) is 6.42 Å². The van der Waals surface area contributed by atoms with Gasteiger partial charge in [-0.3, -0.25) is 4.79 Å². The van der Waals surface area contributed by atoms with Gasteiger partial charge in [-0.15, -0.1) is 0 Å². The van der Waals surface area contributed by atoms with Crippen LogP contribution in [0, 0.1) is 23.2 Å². The van der Waals surface area contributed by atoms with Gasteiger partial charge < -0.3 is 10.8 Å². The van der Waals surface area contributed by atoms with Crippen LogP contribution in [0.2, 0.25) is 0 Å². The van der Waals surface area contributed by atoms with Gasteiger partial charge >= 0.3 is 0 Å². The average Bonchev–Trinajstić information content (AvgIpc) is 2.17. The van der Waals surface area contributed by atoms with Gasteiger partial charge in [-0.2, -0.15) is 5.26 Å². The van der Waals surface area contributed by atoms with Crippen molar-refractivity contribution in [1.29, 1.82) is 5.26 Å². The Morgan fingerprint density at radius 3 is 2.80 bits per heavy atom. The lowest BCUT2D eigenvalue weighted by Gasteiger charge is -1.95. The molecule has 4 heteroatoms. The summed E-state index contributed by atoms with van der Waals surface area (Å²) in [5.41, 5.74) is 5.62. The van der Waals surface area contributed by atoms with Crippen molar-refractivity contribution in [3.8, 4) is 23.7 Å². The van der Waals surface area contributed by atoms with Crippen LogP contribution >= 0.6 is 0 Å². The summed E-state index contributed by atoms with van der Waals surface area (Å²) in [5, 5.41) is 17.9. The van der Waals surface area contributed by atoms with E-state index in [0.717, 1.165) is 0 Å². The number of phenols is 1. The lowest BCUT2D eigenvalue weighted by atomic mass is 10.1. The molecular weight excluding hydrogens is 192 g/mol. The Kier molecular flexibility index (Phi) is 3.32. The molecule has 0 aliphatic carbocycles. The highest BCUT2D eigenvalue weighted by Crippen LogP contribution is 2.16. The molecule has 1 aromatic carbocycles. The van der Waals surface area contributed by atoms with E-state index < -0.39 is 5.91 Å². The molecule has 74 valence electrons. The Labute approximate surface area is 86.9 Å². The van der Waals surface area contributed by atoms with Gasteiger partial charge in [0.15, 0.2) is 0 Å². The molecule has 0 unspecified atom stereocenters. The van der Waals surface area contributed by atoms with E-state index in [9.17, 15) is 9.90 Å². The maximum Gasteiger partial charge on any atom is 0.229 e. The van der Waals surface area contributed by atoms with E-state index >= 15 is 0 Å². The molecule has 15 heavy (non-hydrogen) atoms. The first-order chi connectivity index (χ1) is 7.13. The first kappa shape index (κ1) is 10.6. The second-order valence-corrected chi connectivity index (χ2v) is 2.79. The number of hydrogen-bond donors (Lipinski definition) is 2. The molecular formula is C11H8N2O2. The summed E-state index contributed by atoms with van der Waals surface area (Å²) in [5.74, 6) is 4.57. The third-order valence-electron chi connectivity index (χ3n) is 1.61. The first-order valence-electron chi connectivity index (χ1n) is 4.14. The van der Waals surface area contributed by atoms with Crippen LogP contribution in [0.3, 0.4) is 0 Å². The Balaban J connectivity index is 2.88. The number of rotatable bonds is 1. The minimum absolute atomic E-state index is 0.0270. The zero-order chi connectivity index (χ0) is 11.3. The lowest BCUT2D eigenvalue weighted by Crippen LogP contribution is -2.08. The smallest absolute Gasteiger partial charge is 0.229 e. The molecule has 0 fully saturated rings. The number of nitrogens with two attached hydrogens (primary N) is 1. The van der Waals surface area contributed by atoms with Crippen LogP contribution in [0.5, 0.6) is 5.75 Å². The maximum absolute atomic E-state index is 10.4. The van der Waals surface area contributed by atoms with Crippen LogP contribution in [0.15, 0.2) is 18.2 Å². The fraction of sp³-hybridized carbons (Fsp3) is 0.0909. The summed E-state index contributed by atoms with van der Waals surface area (Å²) in [4.78, 5) is 10.4. The molecule has 0 aromatic heterocycles. The molecule has 0 atom stereocenters. The monoisotopic (exact) mass is 200 g/mol. The Bertz CT molecular complexity index is 490. The van der Waals surface area contributed by atoms with Gasteiger partial charge in [-0.25, -0.2) is 0 Å². The topological polar surface area (TPSA) is 87.1 Å². The highest BCUT2D eigenvalue weighted by atomic mass is 16.3. The zero-order valence-electron chi connectivity index (χ0n) is 7.82. The zero-order valence-corrected chi connectivity index (χ0v) is 7.82. The van der Waals surface area contributed by atoms with E-state index in [2.05, 4.69) is 11.8 Å². The number of nitrogens with zero attached hydrogens (tertiary/aromatic N) is 1.